The van der Waals surface area contributed by atoms with Crippen LogP contribution in [0.25, 0.3) is 5.69 Å². The van der Waals surface area contributed by atoms with Gasteiger partial charge in [0.2, 0.25) is 5.91 Å². The quantitative estimate of drug-likeness (QED) is 0.644. The zero-order valence-corrected chi connectivity index (χ0v) is 18.0. The van der Waals surface area contributed by atoms with Crippen molar-refractivity contribution in [1.82, 2.24) is 20.0 Å². The van der Waals surface area contributed by atoms with Gasteiger partial charge in [0.25, 0.3) is 5.91 Å². The summed E-state index contributed by atoms with van der Waals surface area (Å²) < 4.78 is 2.84. The molecule has 146 valence electrons. The molecule has 2 aromatic rings. The lowest BCUT2D eigenvalue weighted by molar-refractivity contribution is -0.130. The summed E-state index contributed by atoms with van der Waals surface area (Å²) in [6.07, 6.45) is 1.09. The lowest BCUT2D eigenvalue weighted by Gasteiger charge is -2.18. The van der Waals surface area contributed by atoms with Crippen LogP contribution >= 0.6 is 15.9 Å². The normalized spacial score (nSPS) is 10.7. The minimum absolute atomic E-state index is 0.133. The van der Waals surface area contributed by atoms with Crippen LogP contribution in [-0.2, 0) is 4.79 Å². The Labute approximate surface area is 169 Å². The zero-order chi connectivity index (χ0) is 20.0. The molecule has 0 saturated heterocycles. The van der Waals surface area contributed by atoms with Gasteiger partial charge in [-0.25, -0.2) is 4.68 Å². The van der Waals surface area contributed by atoms with Crippen LogP contribution in [0.5, 0.6) is 0 Å². The van der Waals surface area contributed by atoms with E-state index in [1.165, 1.54) is 0 Å². The molecule has 1 aromatic heterocycles. The van der Waals surface area contributed by atoms with E-state index in [1.807, 2.05) is 44.5 Å². The number of benzene rings is 1. The largest absolute Gasteiger partial charge is 0.352 e. The van der Waals surface area contributed by atoms with E-state index in [9.17, 15) is 9.59 Å². The molecule has 6 nitrogen and oxygen atoms in total. The van der Waals surface area contributed by atoms with Gasteiger partial charge in [0.1, 0.15) is 0 Å². The lowest BCUT2D eigenvalue weighted by atomic mass is 10.2. The van der Waals surface area contributed by atoms with E-state index >= 15 is 0 Å². The maximum atomic E-state index is 12.3. The first-order valence-corrected chi connectivity index (χ1v) is 10.1. The summed E-state index contributed by atoms with van der Waals surface area (Å²) in [4.78, 5) is 26.0. The highest BCUT2D eigenvalue weighted by Gasteiger charge is 2.12. The molecule has 0 aliphatic carbocycles. The van der Waals surface area contributed by atoms with E-state index in [0.717, 1.165) is 34.6 Å². The number of hydrogen-bond acceptors (Lipinski definition) is 3. The van der Waals surface area contributed by atoms with Crippen molar-refractivity contribution in [1.29, 1.82) is 0 Å². The zero-order valence-electron chi connectivity index (χ0n) is 16.4. The highest BCUT2D eigenvalue weighted by molar-refractivity contribution is 9.10. The van der Waals surface area contributed by atoms with Gasteiger partial charge < -0.3 is 10.2 Å². The number of nitrogens with one attached hydrogen (secondary N) is 1. The molecule has 0 spiro atoms. The predicted molar refractivity (Wildman–Crippen MR) is 110 cm³/mol. The summed E-state index contributed by atoms with van der Waals surface area (Å²) in [6, 6.07) is 7.33. The second-order valence-electron chi connectivity index (χ2n) is 6.37. The maximum absolute atomic E-state index is 12.3. The molecule has 0 saturated carbocycles. The average molecular weight is 435 g/mol. The maximum Gasteiger partial charge on any atom is 0.251 e. The third-order valence-corrected chi connectivity index (χ3v) is 5.69. The van der Waals surface area contributed by atoms with Crippen molar-refractivity contribution in [2.24, 2.45) is 0 Å². The van der Waals surface area contributed by atoms with Gasteiger partial charge in [-0.1, -0.05) is 0 Å². The fraction of sp³-hybridized carbons (Fsp3) is 0.450. The smallest absolute Gasteiger partial charge is 0.251 e. The van der Waals surface area contributed by atoms with E-state index < -0.39 is 0 Å². The fourth-order valence-electron chi connectivity index (χ4n) is 2.91. The standard InChI is InChI=1S/C20H27BrN4O2/c1-5-24(6-2)18(26)8-7-13-22-20(27)16-9-11-17(12-10-16)25-15(4)19(21)14(3)23-25/h9-12H,5-8,13H2,1-4H3,(H,22,27). The van der Waals surface area contributed by atoms with Crippen LogP contribution in [0.1, 0.15) is 48.4 Å². The van der Waals surface area contributed by atoms with Gasteiger partial charge in [-0.2, -0.15) is 5.10 Å². The average Bonchev–Trinajstić information content (AvgIpc) is 2.93. The Hall–Kier alpha value is -2.15. The molecule has 7 heteroatoms. The molecule has 2 amide bonds. The van der Waals surface area contributed by atoms with Crippen molar-refractivity contribution in [3.8, 4) is 5.69 Å². The number of amides is 2. The number of hydrogen-bond donors (Lipinski definition) is 1. The Kier molecular flexibility index (Phi) is 7.59. The molecular weight excluding hydrogens is 408 g/mol. The third-order valence-electron chi connectivity index (χ3n) is 4.55. The molecule has 0 atom stereocenters. The molecule has 1 aromatic carbocycles. The van der Waals surface area contributed by atoms with Gasteiger partial charge in [0.15, 0.2) is 0 Å². The molecule has 2 rings (SSSR count). The monoisotopic (exact) mass is 434 g/mol. The van der Waals surface area contributed by atoms with E-state index in [0.29, 0.717) is 24.9 Å². The number of halogens is 1. The lowest BCUT2D eigenvalue weighted by Crippen LogP contribution is -2.31. The van der Waals surface area contributed by atoms with Crippen molar-refractivity contribution in [3.05, 3.63) is 45.7 Å². The second kappa shape index (κ2) is 9.69. The molecular formula is C20H27BrN4O2. The summed E-state index contributed by atoms with van der Waals surface area (Å²) in [5.74, 6) is 0.000958. The van der Waals surface area contributed by atoms with Gasteiger partial charge in [-0.05, 0) is 74.3 Å². The number of nitrogens with zero attached hydrogens (tertiary/aromatic N) is 3. The Balaban J connectivity index is 1.89. The molecule has 0 radical (unpaired) electrons. The van der Waals surface area contributed by atoms with Crippen LogP contribution in [-0.4, -0.2) is 46.1 Å². The first-order chi connectivity index (χ1) is 12.9. The first-order valence-electron chi connectivity index (χ1n) is 9.27. The number of carbonyl (C=O) groups excluding carboxylic acids is 2. The summed E-state index contributed by atoms with van der Waals surface area (Å²) in [7, 11) is 0. The minimum Gasteiger partial charge on any atom is -0.352 e. The van der Waals surface area contributed by atoms with Crippen molar-refractivity contribution >= 4 is 27.7 Å². The molecule has 27 heavy (non-hydrogen) atoms. The molecule has 0 unspecified atom stereocenters. The number of carbonyl (C=O) groups is 2. The topological polar surface area (TPSA) is 67.2 Å². The number of rotatable bonds is 8. The van der Waals surface area contributed by atoms with Crippen LogP contribution in [0.2, 0.25) is 0 Å². The predicted octanol–water partition coefficient (Wildman–Crippen LogP) is 3.63. The molecule has 0 bridgehead atoms. The molecule has 0 aliphatic rings. The summed E-state index contributed by atoms with van der Waals surface area (Å²) in [6.45, 7) is 9.80. The van der Waals surface area contributed by atoms with Gasteiger partial charge in [-0.15, -0.1) is 0 Å². The molecule has 1 heterocycles. The summed E-state index contributed by atoms with van der Waals surface area (Å²) in [5.41, 5.74) is 3.44. The molecule has 0 fully saturated rings. The summed E-state index contributed by atoms with van der Waals surface area (Å²) >= 11 is 3.52. The Bertz CT molecular complexity index is 795. The van der Waals surface area contributed by atoms with Crippen LogP contribution < -0.4 is 5.32 Å². The molecule has 1 N–H and O–H groups in total. The van der Waals surface area contributed by atoms with Gasteiger partial charge in [0.05, 0.1) is 21.5 Å². The minimum atomic E-state index is -0.133. The van der Waals surface area contributed by atoms with Gasteiger partial charge in [-0.3, -0.25) is 9.59 Å². The Morgan fingerprint density at radius 3 is 2.30 bits per heavy atom. The fourth-order valence-corrected chi connectivity index (χ4v) is 3.15. The van der Waals surface area contributed by atoms with E-state index in [4.69, 9.17) is 0 Å². The van der Waals surface area contributed by atoms with Crippen LogP contribution in [0, 0.1) is 13.8 Å². The number of aromatic nitrogens is 2. The second-order valence-corrected chi connectivity index (χ2v) is 7.16. The van der Waals surface area contributed by atoms with E-state index in [2.05, 4.69) is 26.3 Å². The van der Waals surface area contributed by atoms with Crippen molar-refractivity contribution in [3.63, 3.8) is 0 Å². The van der Waals surface area contributed by atoms with Crippen molar-refractivity contribution in [2.45, 2.75) is 40.5 Å². The van der Waals surface area contributed by atoms with Gasteiger partial charge >= 0.3 is 0 Å². The first kappa shape index (κ1) is 21.2. The van der Waals surface area contributed by atoms with Crippen molar-refractivity contribution < 1.29 is 9.59 Å². The molecule has 0 aliphatic heterocycles. The summed E-state index contributed by atoms with van der Waals surface area (Å²) in [5, 5.41) is 7.37. The van der Waals surface area contributed by atoms with Crippen LogP contribution in [0.15, 0.2) is 28.7 Å². The number of aryl methyl sites for hydroxylation is 1. The van der Waals surface area contributed by atoms with Crippen molar-refractivity contribution in [2.75, 3.05) is 19.6 Å². The van der Waals surface area contributed by atoms with E-state index in [1.54, 1.807) is 17.0 Å². The third kappa shape index (κ3) is 5.19. The van der Waals surface area contributed by atoms with Crippen LogP contribution in [0.4, 0.5) is 0 Å². The Morgan fingerprint density at radius 1 is 1.15 bits per heavy atom. The Morgan fingerprint density at radius 2 is 1.78 bits per heavy atom. The SMILES string of the molecule is CCN(CC)C(=O)CCCNC(=O)c1ccc(-n2nc(C)c(Br)c2C)cc1. The highest BCUT2D eigenvalue weighted by atomic mass is 79.9. The highest BCUT2D eigenvalue weighted by Crippen LogP contribution is 2.23. The van der Waals surface area contributed by atoms with Gasteiger partial charge in [0, 0.05) is 31.6 Å². The van der Waals surface area contributed by atoms with E-state index in [-0.39, 0.29) is 11.8 Å². The van der Waals surface area contributed by atoms with Crippen LogP contribution in [0.3, 0.4) is 0 Å².